The molecule has 3 atom stereocenters. The number of carbonyl (C=O) groups is 1. The van der Waals surface area contributed by atoms with Crippen molar-refractivity contribution in [3.63, 3.8) is 0 Å². The molecule has 3 nitrogen and oxygen atoms in total. The van der Waals surface area contributed by atoms with Gasteiger partial charge in [-0.25, -0.2) is 0 Å². The van der Waals surface area contributed by atoms with Crippen molar-refractivity contribution < 1.29 is 4.79 Å². The van der Waals surface area contributed by atoms with Crippen molar-refractivity contribution in [2.45, 2.75) is 31.2 Å². The number of benzene rings is 1. The Balaban J connectivity index is 1.59. The topological polar surface area (TPSA) is 41.1 Å². The molecule has 3 rings (SSSR count). The van der Waals surface area contributed by atoms with E-state index in [1.807, 2.05) is 12.1 Å². The maximum Gasteiger partial charge on any atom is 0.224 e. The number of rotatable bonds is 3. The molecule has 108 valence electrons. The van der Waals surface area contributed by atoms with Crippen molar-refractivity contribution in [3.05, 3.63) is 33.8 Å². The number of hydrogen-bond acceptors (Lipinski definition) is 2. The summed E-state index contributed by atoms with van der Waals surface area (Å²) in [5, 5.41) is 7.75. The van der Waals surface area contributed by atoms with E-state index in [1.54, 1.807) is 6.07 Å². The standard InChI is InChI=1S/C15H18Cl2N2O/c16-9-3-4-11(14(17)6-9)12-7-13(12)15(20)19-10-2-1-5-18-8-10/h3-4,6,10,12-13,18H,1-2,5,7-8H2,(H,19,20)/t10-,12?,13?/m0/s1. The summed E-state index contributed by atoms with van der Waals surface area (Å²) < 4.78 is 0. The van der Waals surface area contributed by atoms with E-state index in [2.05, 4.69) is 10.6 Å². The molecule has 1 saturated heterocycles. The van der Waals surface area contributed by atoms with E-state index >= 15 is 0 Å². The molecule has 2 N–H and O–H groups in total. The molecule has 0 radical (unpaired) electrons. The third-order valence-electron chi connectivity index (χ3n) is 4.13. The second-order valence-corrected chi connectivity index (χ2v) is 6.51. The Morgan fingerprint density at radius 3 is 2.90 bits per heavy atom. The summed E-state index contributed by atoms with van der Waals surface area (Å²) in [4.78, 5) is 12.2. The number of halogens is 2. The van der Waals surface area contributed by atoms with Crippen LogP contribution in [-0.2, 0) is 4.79 Å². The van der Waals surface area contributed by atoms with Crippen LogP contribution in [0, 0.1) is 5.92 Å². The van der Waals surface area contributed by atoms with Crippen LogP contribution >= 0.6 is 23.2 Å². The number of hydrogen-bond donors (Lipinski definition) is 2. The van der Waals surface area contributed by atoms with Gasteiger partial charge in [-0.1, -0.05) is 29.3 Å². The fraction of sp³-hybridized carbons (Fsp3) is 0.533. The Morgan fingerprint density at radius 1 is 1.35 bits per heavy atom. The zero-order valence-electron chi connectivity index (χ0n) is 11.2. The van der Waals surface area contributed by atoms with Gasteiger partial charge in [0.05, 0.1) is 0 Å². The minimum atomic E-state index is 0.0654. The summed E-state index contributed by atoms with van der Waals surface area (Å²) in [6, 6.07) is 5.79. The Labute approximate surface area is 129 Å². The normalized spacial score (nSPS) is 29.0. The highest BCUT2D eigenvalue weighted by atomic mass is 35.5. The van der Waals surface area contributed by atoms with Gasteiger partial charge in [0.2, 0.25) is 5.91 Å². The van der Waals surface area contributed by atoms with Gasteiger partial charge in [0.25, 0.3) is 0 Å². The third kappa shape index (κ3) is 3.11. The molecule has 1 amide bonds. The number of carbonyl (C=O) groups excluding carboxylic acids is 1. The van der Waals surface area contributed by atoms with Crippen molar-refractivity contribution in [2.24, 2.45) is 5.92 Å². The average molecular weight is 313 g/mol. The van der Waals surface area contributed by atoms with Crippen LogP contribution in [0.1, 0.15) is 30.7 Å². The van der Waals surface area contributed by atoms with Crippen molar-refractivity contribution >= 4 is 29.1 Å². The lowest BCUT2D eigenvalue weighted by atomic mass is 10.1. The first kappa shape index (κ1) is 14.2. The first-order chi connectivity index (χ1) is 9.65. The van der Waals surface area contributed by atoms with Gasteiger partial charge in [0.1, 0.15) is 0 Å². The molecule has 1 saturated carbocycles. The summed E-state index contributed by atoms with van der Waals surface area (Å²) in [6.45, 7) is 1.93. The summed E-state index contributed by atoms with van der Waals surface area (Å²) in [6.07, 6.45) is 3.08. The van der Waals surface area contributed by atoms with Crippen molar-refractivity contribution in [2.75, 3.05) is 13.1 Å². The molecule has 5 heteroatoms. The fourth-order valence-electron chi connectivity index (χ4n) is 2.91. The SMILES string of the molecule is O=C(N[C@H]1CCCNC1)C1CC1c1ccc(Cl)cc1Cl. The van der Waals surface area contributed by atoms with E-state index in [9.17, 15) is 4.79 Å². The van der Waals surface area contributed by atoms with Gasteiger partial charge in [-0.15, -0.1) is 0 Å². The van der Waals surface area contributed by atoms with Crippen LogP contribution in [0.25, 0.3) is 0 Å². The number of nitrogens with one attached hydrogen (secondary N) is 2. The zero-order chi connectivity index (χ0) is 14.1. The van der Waals surface area contributed by atoms with E-state index < -0.39 is 0 Å². The summed E-state index contributed by atoms with van der Waals surface area (Å²) in [5.41, 5.74) is 1.04. The zero-order valence-corrected chi connectivity index (χ0v) is 12.7. The van der Waals surface area contributed by atoms with Gasteiger partial charge in [-0.05, 0) is 49.4 Å². The molecular formula is C15H18Cl2N2O. The maximum absolute atomic E-state index is 12.2. The van der Waals surface area contributed by atoms with Crippen LogP contribution in [0.2, 0.25) is 10.0 Å². The van der Waals surface area contributed by atoms with Crippen LogP contribution in [0.5, 0.6) is 0 Å². The lowest BCUT2D eigenvalue weighted by Crippen LogP contribution is -2.46. The second kappa shape index (κ2) is 5.92. The van der Waals surface area contributed by atoms with Gasteiger partial charge in [0.15, 0.2) is 0 Å². The van der Waals surface area contributed by atoms with Gasteiger partial charge in [-0.3, -0.25) is 4.79 Å². The predicted octanol–water partition coefficient (Wildman–Crippen LogP) is 2.97. The Kier molecular flexibility index (Phi) is 4.20. The van der Waals surface area contributed by atoms with E-state index in [-0.39, 0.29) is 23.8 Å². The largest absolute Gasteiger partial charge is 0.352 e. The van der Waals surface area contributed by atoms with Gasteiger partial charge < -0.3 is 10.6 Å². The smallest absolute Gasteiger partial charge is 0.224 e. The Morgan fingerprint density at radius 2 is 2.20 bits per heavy atom. The molecule has 0 aromatic heterocycles. The highest BCUT2D eigenvalue weighted by Crippen LogP contribution is 2.50. The first-order valence-corrected chi connectivity index (χ1v) is 7.87. The lowest BCUT2D eigenvalue weighted by molar-refractivity contribution is -0.123. The van der Waals surface area contributed by atoms with Crippen molar-refractivity contribution in [1.82, 2.24) is 10.6 Å². The van der Waals surface area contributed by atoms with E-state index in [0.29, 0.717) is 10.0 Å². The minimum absolute atomic E-state index is 0.0654. The molecular weight excluding hydrogens is 295 g/mol. The van der Waals surface area contributed by atoms with Gasteiger partial charge in [0, 0.05) is 28.5 Å². The maximum atomic E-state index is 12.2. The van der Waals surface area contributed by atoms with Gasteiger partial charge >= 0.3 is 0 Å². The quantitative estimate of drug-likeness (QED) is 0.901. The van der Waals surface area contributed by atoms with E-state index in [0.717, 1.165) is 37.9 Å². The molecule has 1 heterocycles. The van der Waals surface area contributed by atoms with Crippen molar-refractivity contribution in [1.29, 1.82) is 0 Å². The number of amides is 1. The molecule has 1 aliphatic heterocycles. The van der Waals surface area contributed by atoms with Crippen LogP contribution in [0.3, 0.4) is 0 Å². The monoisotopic (exact) mass is 312 g/mol. The molecule has 2 fully saturated rings. The molecule has 1 aromatic rings. The fourth-order valence-corrected chi connectivity index (χ4v) is 3.46. The first-order valence-electron chi connectivity index (χ1n) is 7.11. The second-order valence-electron chi connectivity index (χ2n) is 5.67. The third-order valence-corrected chi connectivity index (χ3v) is 4.69. The minimum Gasteiger partial charge on any atom is -0.352 e. The van der Waals surface area contributed by atoms with Crippen LogP contribution < -0.4 is 10.6 Å². The Hall–Kier alpha value is -0.770. The van der Waals surface area contributed by atoms with Gasteiger partial charge in [-0.2, -0.15) is 0 Å². The van der Waals surface area contributed by atoms with Crippen molar-refractivity contribution in [3.8, 4) is 0 Å². The highest BCUT2D eigenvalue weighted by Gasteiger charge is 2.45. The summed E-state index contributed by atoms with van der Waals surface area (Å²) in [5.74, 6) is 0.474. The molecule has 2 unspecified atom stereocenters. The summed E-state index contributed by atoms with van der Waals surface area (Å²) in [7, 11) is 0. The molecule has 0 spiro atoms. The Bertz CT molecular complexity index is 515. The van der Waals surface area contributed by atoms with E-state index in [1.165, 1.54) is 0 Å². The number of piperidine rings is 1. The molecule has 1 aliphatic carbocycles. The molecule has 0 bridgehead atoms. The van der Waals surface area contributed by atoms with E-state index in [4.69, 9.17) is 23.2 Å². The molecule has 20 heavy (non-hydrogen) atoms. The van der Waals surface area contributed by atoms with Crippen LogP contribution in [-0.4, -0.2) is 25.0 Å². The molecule has 2 aliphatic rings. The highest BCUT2D eigenvalue weighted by molar-refractivity contribution is 6.35. The average Bonchev–Trinajstić information content (AvgIpc) is 3.20. The van der Waals surface area contributed by atoms with Crippen LogP contribution in [0.4, 0.5) is 0 Å². The summed E-state index contributed by atoms with van der Waals surface area (Å²) >= 11 is 12.1. The molecule has 1 aromatic carbocycles. The van der Waals surface area contributed by atoms with Crippen LogP contribution in [0.15, 0.2) is 18.2 Å². The predicted molar refractivity (Wildman–Crippen MR) is 81.3 cm³/mol. The lowest BCUT2D eigenvalue weighted by Gasteiger charge is -2.23.